The summed E-state index contributed by atoms with van der Waals surface area (Å²) < 4.78 is 2.74. The Bertz CT molecular complexity index is 538. The molecular weight excluding hydrogens is 324 g/mol. The summed E-state index contributed by atoms with van der Waals surface area (Å²) in [7, 11) is 1.84. The van der Waals surface area contributed by atoms with Crippen molar-refractivity contribution < 1.29 is 5.11 Å². The highest BCUT2D eigenvalue weighted by Gasteiger charge is 2.17. The van der Waals surface area contributed by atoms with Gasteiger partial charge >= 0.3 is 0 Å². The van der Waals surface area contributed by atoms with Gasteiger partial charge < -0.3 is 5.11 Å². The van der Waals surface area contributed by atoms with Crippen LogP contribution < -0.4 is 0 Å². The van der Waals surface area contributed by atoms with E-state index in [2.05, 4.69) is 21.0 Å². The van der Waals surface area contributed by atoms with Gasteiger partial charge in [-0.3, -0.25) is 4.68 Å². The summed E-state index contributed by atoms with van der Waals surface area (Å²) in [6, 6.07) is 3.84. The van der Waals surface area contributed by atoms with E-state index in [0.717, 1.165) is 20.1 Å². The minimum Gasteiger partial charge on any atom is -0.387 e. The van der Waals surface area contributed by atoms with Crippen molar-refractivity contribution in [2.75, 3.05) is 0 Å². The van der Waals surface area contributed by atoms with Crippen molar-refractivity contribution in [3.63, 3.8) is 0 Å². The highest BCUT2D eigenvalue weighted by molar-refractivity contribution is 9.11. The number of hydrogen-bond donors (Lipinski definition) is 1. The van der Waals surface area contributed by atoms with Gasteiger partial charge in [0.1, 0.15) is 0 Å². The first-order chi connectivity index (χ1) is 7.99. The van der Waals surface area contributed by atoms with Crippen LogP contribution in [0.1, 0.15) is 22.4 Å². The summed E-state index contributed by atoms with van der Waals surface area (Å²) in [4.78, 5) is 0.923. The van der Waals surface area contributed by atoms with Crippen LogP contribution in [0, 0.1) is 6.92 Å². The Kier molecular flexibility index (Phi) is 3.92. The SMILES string of the molecule is Cc1nn(C)c(CC(O)c2ccc(Br)s2)c1Cl. The third-order valence-electron chi connectivity index (χ3n) is 2.57. The predicted octanol–water partition coefficient (Wildman–Crippen LogP) is 3.48. The maximum atomic E-state index is 10.1. The molecule has 1 N–H and O–H groups in total. The van der Waals surface area contributed by atoms with Crippen molar-refractivity contribution in [1.29, 1.82) is 0 Å². The van der Waals surface area contributed by atoms with Gasteiger partial charge in [-0.1, -0.05) is 11.6 Å². The van der Waals surface area contributed by atoms with Crippen LogP contribution in [-0.2, 0) is 13.5 Å². The van der Waals surface area contributed by atoms with Crippen LogP contribution in [0.2, 0.25) is 5.02 Å². The van der Waals surface area contributed by atoms with Crippen LogP contribution in [-0.4, -0.2) is 14.9 Å². The van der Waals surface area contributed by atoms with Crippen molar-refractivity contribution in [1.82, 2.24) is 9.78 Å². The van der Waals surface area contributed by atoms with E-state index >= 15 is 0 Å². The molecular formula is C11H12BrClN2OS. The van der Waals surface area contributed by atoms with Gasteiger partial charge in [0, 0.05) is 18.3 Å². The zero-order valence-corrected chi connectivity index (χ0v) is 12.6. The molecule has 2 rings (SSSR count). The average Bonchev–Trinajstić information content (AvgIpc) is 2.79. The Balaban J connectivity index is 2.21. The number of aromatic nitrogens is 2. The second-order valence-corrected chi connectivity index (χ2v) is 6.70. The molecule has 0 spiro atoms. The molecule has 3 nitrogen and oxygen atoms in total. The van der Waals surface area contributed by atoms with Gasteiger partial charge in [-0.15, -0.1) is 11.3 Å². The van der Waals surface area contributed by atoms with E-state index in [-0.39, 0.29) is 0 Å². The van der Waals surface area contributed by atoms with E-state index in [0.29, 0.717) is 11.4 Å². The van der Waals surface area contributed by atoms with E-state index < -0.39 is 6.10 Å². The van der Waals surface area contributed by atoms with Crippen LogP contribution in [0.3, 0.4) is 0 Å². The minimum absolute atomic E-state index is 0.475. The lowest BCUT2D eigenvalue weighted by Gasteiger charge is -2.09. The molecule has 1 unspecified atom stereocenters. The number of thiophene rings is 1. The molecule has 0 radical (unpaired) electrons. The standard InChI is InChI=1S/C11H12BrClN2OS/c1-6-11(13)7(15(2)14-6)5-8(16)9-3-4-10(12)17-9/h3-4,8,16H,5H2,1-2H3. The largest absolute Gasteiger partial charge is 0.387 e. The van der Waals surface area contributed by atoms with Gasteiger partial charge in [-0.25, -0.2) is 0 Å². The zero-order valence-electron chi connectivity index (χ0n) is 9.44. The summed E-state index contributed by atoms with van der Waals surface area (Å²) in [5, 5.41) is 15.0. The van der Waals surface area contributed by atoms with Crippen molar-refractivity contribution in [3.8, 4) is 0 Å². The van der Waals surface area contributed by atoms with Gasteiger partial charge in [0.05, 0.1) is 26.3 Å². The minimum atomic E-state index is -0.543. The fourth-order valence-electron chi connectivity index (χ4n) is 1.69. The molecule has 0 saturated carbocycles. The molecule has 1 atom stereocenters. The summed E-state index contributed by atoms with van der Waals surface area (Å²) in [5.74, 6) is 0. The third-order valence-corrected chi connectivity index (χ3v) is 4.79. The number of halogens is 2. The van der Waals surface area contributed by atoms with Crippen molar-refractivity contribution >= 4 is 38.9 Å². The first kappa shape index (κ1) is 13.1. The highest BCUT2D eigenvalue weighted by atomic mass is 79.9. The maximum absolute atomic E-state index is 10.1. The smallest absolute Gasteiger partial charge is 0.0938 e. The fourth-order valence-corrected chi connectivity index (χ4v) is 3.34. The number of aliphatic hydroxyl groups excluding tert-OH is 1. The molecule has 0 bridgehead atoms. The number of rotatable bonds is 3. The number of aliphatic hydroxyl groups is 1. The summed E-state index contributed by atoms with van der Waals surface area (Å²) in [6.45, 7) is 1.86. The van der Waals surface area contributed by atoms with E-state index in [1.54, 1.807) is 4.68 Å². The quantitative estimate of drug-likeness (QED) is 0.932. The number of nitrogens with zero attached hydrogens (tertiary/aromatic N) is 2. The Morgan fingerprint density at radius 2 is 2.29 bits per heavy atom. The normalized spacial score (nSPS) is 13.0. The van der Waals surface area contributed by atoms with Gasteiger partial charge in [0.25, 0.3) is 0 Å². The van der Waals surface area contributed by atoms with Gasteiger partial charge in [0.15, 0.2) is 0 Å². The molecule has 0 aliphatic carbocycles. The Morgan fingerprint density at radius 1 is 1.59 bits per heavy atom. The summed E-state index contributed by atoms with van der Waals surface area (Å²) in [6.07, 6.45) is -0.0676. The second-order valence-electron chi connectivity index (χ2n) is 3.83. The molecule has 0 saturated heterocycles. The Hall–Kier alpha value is -0.360. The summed E-state index contributed by atoms with van der Waals surface area (Å²) >= 11 is 11.1. The monoisotopic (exact) mass is 334 g/mol. The van der Waals surface area contributed by atoms with E-state index in [4.69, 9.17) is 11.6 Å². The molecule has 0 aliphatic rings. The first-order valence-electron chi connectivity index (χ1n) is 5.10. The molecule has 92 valence electrons. The van der Waals surface area contributed by atoms with Gasteiger partial charge in [-0.2, -0.15) is 5.10 Å². The highest BCUT2D eigenvalue weighted by Crippen LogP contribution is 2.31. The Morgan fingerprint density at radius 3 is 2.76 bits per heavy atom. The van der Waals surface area contributed by atoms with Crippen LogP contribution in [0.4, 0.5) is 0 Å². The van der Waals surface area contributed by atoms with Crippen molar-refractivity contribution in [3.05, 3.63) is 37.2 Å². The predicted molar refractivity (Wildman–Crippen MR) is 73.6 cm³/mol. The van der Waals surface area contributed by atoms with E-state index in [9.17, 15) is 5.11 Å². The third kappa shape index (κ3) is 2.73. The number of aryl methyl sites for hydroxylation is 2. The molecule has 2 heterocycles. The molecule has 0 aromatic carbocycles. The first-order valence-corrected chi connectivity index (χ1v) is 7.09. The number of hydrogen-bond acceptors (Lipinski definition) is 3. The van der Waals surface area contributed by atoms with Crippen LogP contribution in [0.25, 0.3) is 0 Å². The second kappa shape index (κ2) is 5.10. The molecule has 2 aromatic heterocycles. The van der Waals surface area contributed by atoms with E-state index in [1.807, 2.05) is 26.1 Å². The maximum Gasteiger partial charge on any atom is 0.0938 e. The van der Waals surface area contributed by atoms with Crippen LogP contribution >= 0.6 is 38.9 Å². The lowest BCUT2D eigenvalue weighted by Crippen LogP contribution is -2.05. The molecule has 0 aliphatic heterocycles. The topological polar surface area (TPSA) is 38.0 Å². The zero-order chi connectivity index (χ0) is 12.6. The molecule has 0 amide bonds. The molecule has 2 aromatic rings. The molecule has 6 heteroatoms. The van der Waals surface area contributed by atoms with Gasteiger partial charge in [0.2, 0.25) is 0 Å². The van der Waals surface area contributed by atoms with E-state index in [1.165, 1.54) is 11.3 Å². The summed E-state index contributed by atoms with van der Waals surface area (Å²) in [5.41, 5.74) is 1.66. The lowest BCUT2D eigenvalue weighted by molar-refractivity contribution is 0.179. The molecule has 17 heavy (non-hydrogen) atoms. The van der Waals surface area contributed by atoms with Crippen LogP contribution in [0.5, 0.6) is 0 Å². The van der Waals surface area contributed by atoms with Gasteiger partial charge in [-0.05, 0) is 35.0 Å². The van der Waals surface area contributed by atoms with Crippen molar-refractivity contribution in [2.45, 2.75) is 19.4 Å². The van der Waals surface area contributed by atoms with Crippen molar-refractivity contribution in [2.24, 2.45) is 7.05 Å². The van der Waals surface area contributed by atoms with Crippen LogP contribution in [0.15, 0.2) is 15.9 Å². The lowest BCUT2D eigenvalue weighted by atomic mass is 10.1. The Labute approximate surface area is 117 Å². The molecule has 0 fully saturated rings. The average molecular weight is 336 g/mol. The fraction of sp³-hybridized carbons (Fsp3) is 0.364.